The summed E-state index contributed by atoms with van der Waals surface area (Å²) in [5, 5.41) is 0. The van der Waals surface area contributed by atoms with Gasteiger partial charge in [0.05, 0.1) is 23.1 Å². The summed E-state index contributed by atoms with van der Waals surface area (Å²) in [5.74, 6) is 0.891. The van der Waals surface area contributed by atoms with E-state index in [1.165, 1.54) is 6.07 Å². The number of imidazole rings is 1. The van der Waals surface area contributed by atoms with E-state index >= 15 is 0 Å². The van der Waals surface area contributed by atoms with Gasteiger partial charge in [-0.3, -0.25) is 0 Å². The molecule has 20 heavy (non-hydrogen) atoms. The van der Waals surface area contributed by atoms with Crippen LogP contribution in [0.3, 0.4) is 0 Å². The number of halogens is 2. The van der Waals surface area contributed by atoms with Crippen LogP contribution in [-0.4, -0.2) is 35.4 Å². The minimum Gasteiger partial charge on any atom is -0.324 e. The van der Waals surface area contributed by atoms with Crippen molar-refractivity contribution in [3.05, 3.63) is 29.8 Å². The normalized spacial score (nSPS) is 21.6. The average Bonchev–Trinajstić information content (AvgIpc) is 2.91. The Labute approximate surface area is 121 Å². The molecule has 0 radical (unpaired) electrons. The van der Waals surface area contributed by atoms with Crippen LogP contribution in [0.15, 0.2) is 18.2 Å². The van der Waals surface area contributed by atoms with Gasteiger partial charge in [0.25, 0.3) is 0 Å². The van der Waals surface area contributed by atoms with Crippen LogP contribution in [0.1, 0.15) is 18.3 Å². The fraction of sp³-hybridized carbons (Fsp3) is 0.462. The van der Waals surface area contributed by atoms with Crippen molar-refractivity contribution in [1.82, 2.24) is 9.55 Å². The molecule has 0 spiro atoms. The van der Waals surface area contributed by atoms with E-state index < -0.39 is 15.7 Å². The van der Waals surface area contributed by atoms with Crippen LogP contribution >= 0.6 is 11.6 Å². The van der Waals surface area contributed by atoms with E-state index in [4.69, 9.17) is 11.6 Å². The van der Waals surface area contributed by atoms with Gasteiger partial charge >= 0.3 is 0 Å². The van der Waals surface area contributed by atoms with E-state index in [0.717, 1.165) is 0 Å². The van der Waals surface area contributed by atoms with Gasteiger partial charge in [0.15, 0.2) is 15.7 Å². The molecule has 3 rings (SSSR count). The second-order valence-corrected chi connectivity index (χ2v) is 7.61. The van der Waals surface area contributed by atoms with Gasteiger partial charge in [-0.2, -0.15) is 0 Å². The highest BCUT2D eigenvalue weighted by molar-refractivity contribution is 7.91. The summed E-state index contributed by atoms with van der Waals surface area (Å²) < 4.78 is 39.0. The van der Waals surface area contributed by atoms with Gasteiger partial charge in [-0.15, -0.1) is 11.6 Å². The van der Waals surface area contributed by atoms with Crippen molar-refractivity contribution in [3.63, 3.8) is 0 Å². The van der Waals surface area contributed by atoms with Gasteiger partial charge < -0.3 is 4.57 Å². The van der Waals surface area contributed by atoms with Crippen LogP contribution in [0, 0.1) is 5.82 Å². The first-order valence-corrected chi connectivity index (χ1v) is 8.79. The number of hydrogen-bond acceptors (Lipinski definition) is 3. The van der Waals surface area contributed by atoms with Crippen LogP contribution in [0.4, 0.5) is 4.39 Å². The summed E-state index contributed by atoms with van der Waals surface area (Å²) in [6.45, 7) is 0. The number of nitrogens with zero attached hydrogens (tertiary/aromatic N) is 2. The molecule has 1 aliphatic heterocycles. The maximum atomic E-state index is 13.8. The topological polar surface area (TPSA) is 52.0 Å². The molecule has 1 atom stereocenters. The molecule has 0 aliphatic carbocycles. The molecule has 4 nitrogen and oxygen atoms in total. The second kappa shape index (κ2) is 5.00. The number of aryl methyl sites for hydroxylation is 1. The number of alkyl halides is 1. The molecule has 2 aromatic rings. The predicted octanol–water partition coefficient (Wildman–Crippen LogP) is 2.32. The van der Waals surface area contributed by atoms with Gasteiger partial charge in [0.1, 0.15) is 11.3 Å². The van der Waals surface area contributed by atoms with E-state index in [2.05, 4.69) is 4.98 Å². The third kappa shape index (κ3) is 2.31. The molecule has 1 unspecified atom stereocenters. The molecule has 2 heterocycles. The zero-order chi connectivity index (χ0) is 14.3. The van der Waals surface area contributed by atoms with Crippen molar-refractivity contribution in [3.8, 4) is 0 Å². The van der Waals surface area contributed by atoms with Crippen LogP contribution in [0.25, 0.3) is 11.0 Å². The standard InChI is InChI=1S/C13H14ClFN2O2S/c14-6-4-12-16-13-10(15)2-1-3-11(13)17(12)9-5-7-20(18,19)8-9/h1-3,9H,4-8H2. The zero-order valence-corrected chi connectivity index (χ0v) is 12.3. The van der Waals surface area contributed by atoms with Crippen LogP contribution in [-0.2, 0) is 16.3 Å². The van der Waals surface area contributed by atoms with E-state index in [9.17, 15) is 12.8 Å². The molecular formula is C13H14ClFN2O2S. The Bertz CT molecular complexity index is 757. The highest BCUT2D eigenvalue weighted by atomic mass is 35.5. The lowest BCUT2D eigenvalue weighted by Crippen LogP contribution is -2.14. The van der Waals surface area contributed by atoms with E-state index in [0.29, 0.717) is 30.1 Å². The number of fused-ring (bicyclic) bond motifs is 1. The molecule has 1 saturated heterocycles. The smallest absolute Gasteiger partial charge is 0.152 e. The lowest BCUT2D eigenvalue weighted by Gasteiger charge is -2.14. The summed E-state index contributed by atoms with van der Waals surface area (Å²) >= 11 is 5.77. The molecule has 0 amide bonds. The molecule has 1 aromatic heterocycles. The monoisotopic (exact) mass is 316 g/mol. The number of rotatable bonds is 3. The minimum absolute atomic E-state index is 0.0876. The summed E-state index contributed by atoms with van der Waals surface area (Å²) in [4.78, 5) is 4.30. The SMILES string of the molecule is O=S1(=O)CCC(n2c(CCCl)nc3c(F)cccc32)C1. The first-order valence-electron chi connectivity index (χ1n) is 6.43. The molecule has 1 aromatic carbocycles. The molecule has 0 N–H and O–H groups in total. The Morgan fingerprint density at radius 1 is 1.45 bits per heavy atom. The van der Waals surface area contributed by atoms with E-state index in [1.54, 1.807) is 12.1 Å². The summed E-state index contributed by atoms with van der Waals surface area (Å²) in [6.07, 6.45) is 1.03. The van der Waals surface area contributed by atoms with Crippen molar-refractivity contribution < 1.29 is 12.8 Å². The highest BCUT2D eigenvalue weighted by Gasteiger charge is 2.31. The average molecular weight is 317 g/mol. The molecule has 1 aliphatic rings. The summed E-state index contributed by atoms with van der Waals surface area (Å²) in [5.41, 5.74) is 0.934. The Morgan fingerprint density at radius 2 is 2.25 bits per heavy atom. The van der Waals surface area contributed by atoms with Crippen molar-refractivity contribution in [2.45, 2.75) is 18.9 Å². The van der Waals surface area contributed by atoms with Gasteiger partial charge in [0.2, 0.25) is 0 Å². The van der Waals surface area contributed by atoms with Crippen LogP contribution in [0.2, 0.25) is 0 Å². The van der Waals surface area contributed by atoms with E-state index in [1.807, 2.05) is 4.57 Å². The molecule has 108 valence electrons. The Balaban J connectivity index is 2.17. The van der Waals surface area contributed by atoms with Gasteiger partial charge in [0, 0.05) is 12.3 Å². The fourth-order valence-electron chi connectivity index (χ4n) is 2.78. The minimum atomic E-state index is -3.01. The summed E-state index contributed by atoms with van der Waals surface area (Å²) in [6, 6.07) is 4.57. The Morgan fingerprint density at radius 3 is 2.90 bits per heavy atom. The summed E-state index contributed by atoms with van der Waals surface area (Å²) in [7, 11) is -3.01. The molecule has 0 bridgehead atoms. The predicted molar refractivity (Wildman–Crippen MR) is 76.4 cm³/mol. The molecular weight excluding hydrogens is 303 g/mol. The zero-order valence-electron chi connectivity index (χ0n) is 10.7. The first-order chi connectivity index (χ1) is 9.52. The second-order valence-electron chi connectivity index (χ2n) is 5.00. The third-order valence-electron chi connectivity index (χ3n) is 3.64. The van der Waals surface area contributed by atoms with Crippen LogP contribution in [0.5, 0.6) is 0 Å². The first kappa shape index (κ1) is 13.8. The maximum absolute atomic E-state index is 13.8. The number of sulfone groups is 1. The molecule has 7 heteroatoms. The number of aromatic nitrogens is 2. The van der Waals surface area contributed by atoms with E-state index in [-0.39, 0.29) is 23.1 Å². The largest absolute Gasteiger partial charge is 0.324 e. The molecule has 1 fully saturated rings. The lowest BCUT2D eigenvalue weighted by molar-refractivity contribution is 0.548. The number of benzene rings is 1. The highest BCUT2D eigenvalue weighted by Crippen LogP contribution is 2.30. The Hall–Kier alpha value is -1.14. The maximum Gasteiger partial charge on any atom is 0.152 e. The lowest BCUT2D eigenvalue weighted by atomic mass is 10.2. The quantitative estimate of drug-likeness (QED) is 0.817. The van der Waals surface area contributed by atoms with Crippen molar-refractivity contribution in [2.75, 3.05) is 17.4 Å². The molecule has 0 saturated carbocycles. The fourth-order valence-corrected chi connectivity index (χ4v) is 4.65. The number of para-hydroxylation sites is 1. The van der Waals surface area contributed by atoms with Crippen LogP contribution < -0.4 is 0 Å². The Kier molecular flexibility index (Phi) is 3.46. The van der Waals surface area contributed by atoms with Gasteiger partial charge in [-0.25, -0.2) is 17.8 Å². The third-order valence-corrected chi connectivity index (χ3v) is 5.57. The van der Waals surface area contributed by atoms with Gasteiger partial charge in [-0.05, 0) is 18.6 Å². The van der Waals surface area contributed by atoms with Gasteiger partial charge in [-0.1, -0.05) is 6.07 Å². The number of hydrogen-bond donors (Lipinski definition) is 0. The van der Waals surface area contributed by atoms with Crippen molar-refractivity contribution in [1.29, 1.82) is 0 Å². The van der Waals surface area contributed by atoms with Crippen molar-refractivity contribution >= 4 is 32.5 Å². The van der Waals surface area contributed by atoms with Crippen molar-refractivity contribution in [2.24, 2.45) is 0 Å².